The second-order valence-corrected chi connectivity index (χ2v) is 7.85. The average molecular weight is 361 g/mol. The van der Waals surface area contributed by atoms with E-state index in [0.717, 1.165) is 29.5 Å². The van der Waals surface area contributed by atoms with E-state index in [1.807, 2.05) is 13.0 Å². The molecule has 0 radical (unpaired) electrons. The van der Waals surface area contributed by atoms with E-state index < -0.39 is 10.0 Å². The number of rotatable bonds is 5. The van der Waals surface area contributed by atoms with Gasteiger partial charge in [-0.05, 0) is 62.9 Å². The largest absolute Gasteiger partial charge is 0.316 e. The molecule has 1 unspecified atom stereocenters. The lowest BCUT2D eigenvalue weighted by Gasteiger charge is -2.22. The van der Waals surface area contributed by atoms with Crippen LogP contribution in [0.5, 0.6) is 0 Å². The zero-order chi connectivity index (χ0) is 14.6. The molecular formula is C14H21BrN2O2S. The molecule has 6 heteroatoms. The number of hydrogen-bond donors (Lipinski definition) is 2. The van der Waals surface area contributed by atoms with Gasteiger partial charge in [0, 0.05) is 11.0 Å². The zero-order valence-electron chi connectivity index (χ0n) is 11.7. The Hall–Kier alpha value is -0.430. The molecule has 20 heavy (non-hydrogen) atoms. The third kappa shape index (κ3) is 4.04. The topological polar surface area (TPSA) is 58.2 Å². The van der Waals surface area contributed by atoms with Gasteiger partial charge in [0.05, 0.1) is 4.90 Å². The maximum absolute atomic E-state index is 12.3. The molecule has 2 N–H and O–H groups in total. The number of halogens is 1. The molecule has 1 atom stereocenters. The molecule has 0 spiro atoms. The molecule has 1 aliphatic heterocycles. The van der Waals surface area contributed by atoms with Gasteiger partial charge < -0.3 is 5.32 Å². The molecule has 0 bridgehead atoms. The van der Waals surface area contributed by atoms with Crippen LogP contribution in [0.25, 0.3) is 0 Å². The Morgan fingerprint density at radius 3 is 2.95 bits per heavy atom. The molecule has 1 saturated heterocycles. The van der Waals surface area contributed by atoms with Crippen LogP contribution in [0.1, 0.15) is 24.8 Å². The quantitative estimate of drug-likeness (QED) is 0.847. The van der Waals surface area contributed by atoms with Gasteiger partial charge in [-0.1, -0.05) is 22.0 Å². The van der Waals surface area contributed by atoms with Gasteiger partial charge in [-0.25, -0.2) is 13.1 Å². The van der Waals surface area contributed by atoms with Crippen LogP contribution in [-0.2, 0) is 10.0 Å². The van der Waals surface area contributed by atoms with Crippen LogP contribution in [0.4, 0.5) is 0 Å². The number of hydrogen-bond acceptors (Lipinski definition) is 3. The Morgan fingerprint density at radius 1 is 1.45 bits per heavy atom. The van der Waals surface area contributed by atoms with Gasteiger partial charge in [-0.15, -0.1) is 0 Å². The third-order valence-corrected chi connectivity index (χ3v) is 6.22. The fraction of sp³-hybridized carbons (Fsp3) is 0.571. The smallest absolute Gasteiger partial charge is 0.240 e. The maximum atomic E-state index is 12.3. The number of nitrogens with one attached hydrogen (secondary N) is 2. The van der Waals surface area contributed by atoms with Crippen molar-refractivity contribution in [2.45, 2.75) is 31.1 Å². The fourth-order valence-corrected chi connectivity index (χ4v) is 4.33. The lowest BCUT2D eigenvalue weighted by atomic mass is 9.96. The predicted octanol–water partition coefficient (Wildman–Crippen LogP) is 2.43. The summed E-state index contributed by atoms with van der Waals surface area (Å²) in [4.78, 5) is 0.355. The van der Waals surface area contributed by atoms with Crippen molar-refractivity contribution in [1.29, 1.82) is 0 Å². The molecule has 1 aromatic rings. The maximum Gasteiger partial charge on any atom is 0.240 e. The first kappa shape index (κ1) is 15.9. The van der Waals surface area contributed by atoms with E-state index in [1.165, 1.54) is 12.8 Å². The first-order valence-electron chi connectivity index (χ1n) is 6.96. The van der Waals surface area contributed by atoms with Crippen LogP contribution < -0.4 is 10.0 Å². The first-order valence-corrected chi connectivity index (χ1v) is 9.24. The highest BCUT2D eigenvalue weighted by atomic mass is 79.9. The summed E-state index contributed by atoms with van der Waals surface area (Å²) in [5.74, 6) is 0.579. The van der Waals surface area contributed by atoms with E-state index in [9.17, 15) is 8.42 Å². The number of benzene rings is 1. The molecule has 1 fully saturated rings. The molecule has 4 nitrogen and oxygen atoms in total. The summed E-state index contributed by atoms with van der Waals surface area (Å²) in [6.07, 6.45) is 3.26. The Bertz CT molecular complexity index is 554. The third-order valence-electron chi connectivity index (χ3n) is 3.75. The molecule has 1 aromatic carbocycles. The highest BCUT2D eigenvalue weighted by Gasteiger charge is 2.19. The van der Waals surface area contributed by atoms with Gasteiger partial charge in [0.1, 0.15) is 0 Å². The minimum atomic E-state index is -3.41. The lowest BCUT2D eigenvalue weighted by molar-refractivity contribution is 0.358. The van der Waals surface area contributed by atoms with Crippen molar-refractivity contribution >= 4 is 26.0 Å². The van der Waals surface area contributed by atoms with Gasteiger partial charge in [0.15, 0.2) is 0 Å². The van der Waals surface area contributed by atoms with Crippen molar-refractivity contribution in [2.24, 2.45) is 5.92 Å². The Labute approximate surface area is 129 Å². The van der Waals surface area contributed by atoms with E-state index in [4.69, 9.17) is 0 Å². The van der Waals surface area contributed by atoms with Crippen molar-refractivity contribution in [3.63, 3.8) is 0 Å². The Morgan fingerprint density at radius 2 is 2.25 bits per heavy atom. The standard InChI is InChI=1S/C14H21BrN2O2S/c1-11-13(15)5-2-6-14(11)20(18,19)17-9-7-12-4-3-8-16-10-12/h2,5-6,12,16-17H,3-4,7-10H2,1H3. The van der Waals surface area contributed by atoms with Crippen LogP contribution in [0, 0.1) is 12.8 Å². The molecule has 0 saturated carbocycles. The monoisotopic (exact) mass is 360 g/mol. The minimum absolute atomic E-state index is 0.355. The van der Waals surface area contributed by atoms with E-state index in [-0.39, 0.29) is 0 Å². The van der Waals surface area contributed by atoms with E-state index in [1.54, 1.807) is 12.1 Å². The summed E-state index contributed by atoms with van der Waals surface area (Å²) < 4.78 is 28.1. The highest BCUT2D eigenvalue weighted by molar-refractivity contribution is 9.10. The normalized spacial score (nSPS) is 20.0. The minimum Gasteiger partial charge on any atom is -0.316 e. The predicted molar refractivity (Wildman–Crippen MR) is 84.3 cm³/mol. The first-order chi connectivity index (χ1) is 9.50. The summed E-state index contributed by atoms with van der Waals surface area (Å²) in [6.45, 7) is 4.39. The van der Waals surface area contributed by atoms with Crippen LogP contribution in [0.2, 0.25) is 0 Å². The molecule has 112 valence electrons. The van der Waals surface area contributed by atoms with Gasteiger partial charge in [0.25, 0.3) is 0 Å². The SMILES string of the molecule is Cc1c(Br)cccc1S(=O)(=O)NCCC1CCCNC1. The Kier molecular flexibility index (Phi) is 5.60. The van der Waals surface area contributed by atoms with Gasteiger partial charge in [-0.2, -0.15) is 0 Å². The molecule has 2 rings (SSSR count). The summed E-state index contributed by atoms with van der Waals surface area (Å²) >= 11 is 3.37. The van der Waals surface area contributed by atoms with Crippen LogP contribution in [0.15, 0.2) is 27.6 Å². The van der Waals surface area contributed by atoms with Gasteiger partial charge >= 0.3 is 0 Å². The lowest BCUT2D eigenvalue weighted by Crippen LogP contribution is -2.33. The average Bonchev–Trinajstić information content (AvgIpc) is 2.42. The van der Waals surface area contributed by atoms with Crippen LogP contribution in [-0.4, -0.2) is 28.1 Å². The highest BCUT2D eigenvalue weighted by Crippen LogP contribution is 2.23. The van der Waals surface area contributed by atoms with Crippen molar-refractivity contribution in [3.05, 3.63) is 28.2 Å². The molecule has 0 amide bonds. The summed E-state index contributed by atoms with van der Waals surface area (Å²) in [5.41, 5.74) is 0.749. The van der Waals surface area contributed by atoms with Crippen molar-refractivity contribution in [3.8, 4) is 0 Å². The van der Waals surface area contributed by atoms with Gasteiger partial charge in [-0.3, -0.25) is 0 Å². The number of piperidine rings is 1. The van der Waals surface area contributed by atoms with Gasteiger partial charge in [0.2, 0.25) is 10.0 Å². The zero-order valence-corrected chi connectivity index (χ0v) is 14.1. The fourth-order valence-electron chi connectivity index (χ4n) is 2.52. The summed E-state index contributed by atoms with van der Waals surface area (Å²) in [6, 6.07) is 5.24. The summed E-state index contributed by atoms with van der Waals surface area (Å²) in [7, 11) is -3.41. The van der Waals surface area contributed by atoms with Crippen LogP contribution in [0.3, 0.4) is 0 Å². The van der Waals surface area contributed by atoms with E-state index in [2.05, 4.69) is 26.0 Å². The van der Waals surface area contributed by atoms with Crippen molar-refractivity contribution < 1.29 is 8.42 Å². The molecule has 1 aliphatic rings. The van der Waals surface area contributed by atoms with E-state index >= 15 is 0 Å². The molecular weight excluding hydrogens is 340 g/mol. The van der Waals surface area contributed by atoms with Crippen molar-refractivity contribution in [2.75, 3.05) is 19.6 Å². The Balaban J connectivity index is 1.95. The molecule has 0 aromatic heterocycles. The number of sulfonamides is 1. The molecule has 1 heterocycles. The van der Waals surface area contributed by atoms with Crippen molar-refractivity contribution in [1.82, 2.24) is 10.0 Å². The molecule has 0 aliphatic carbocycles. The summed E-state index contributed by atoms with van der Waals surface area (Å²) in [5, 5.41) is 3.35. The second-order valence-electron chi connectivity index (χ2n) is 5.26. The second kappa shape index (κ2) is 7.02. The van der Waals surface area contributed by atoms with E-state index in [0.29, 0.717) is 17.4 Å². The van der Waals surface area contributed by atoms with Crippen LogP contribution >= 0.6 is 15.9 Å².